The van der Waals surface area contributed by atoms with Crippen LogP contribution in [0.25, 0.3) is 0 Å². The van der Waals surface area contributed by atoms with Crippen molar-refractivity contribution in [3.63, 3.8) is 0 Å². The molecular formula is C5H10NOS. The molecule has 1 fully saturated rings. The Morgan fingerprint density at radius 1 is 1.38 bits per heavy atom. The van der Waals surface area contributed by atoms with Gasteiger partial charge in [0, 0.05) is 13.1 Å². The number of rotatable bonds is 1. The van der Waals surface area contributed by atoms with Crippen molar-refractivity contribution < 1.29 is 4.79 Å². The summed E-state index contributed by atoms with van der Waals surface area (Å²) < 4.78 is 0. The van der Waals surface area contributed by atoms with Crippen LogP contribution in [0.5, 0.6) is 0 Å². The van der Waals surface area contributed by atoms with E-state index in [-0.39, 0.29) is 10.9 Å². The molecule has 0 aromatic heterocycles. The van der Waals surface area contributed by atoms with Crippen LogP contribution in [0.3, 0.4) is 0 Å². The third kappa shape index (κ3) is 1.49. The third-order valence-corrected chi connectivity index (χ3v) is 3.03. The molecule has 0 saturated carbocycles. The van der Waals surface area contributed by atoms with Gasteiger partial charge in [0.25, 0.3) is 0 Å². The number of thiol groups is 1. The van der Waals surface area contributed by atoms with Crippen molar-refractivity contribution in [3.05, 3.63) is 0 Å². The summed E-state index contributed by atoms with van der Waals surface area (Å²) in [7, 11) is -0.338. The van der Waals surface area contributed by atoms with Crippen molar-refractivity contribution in [2.45, 2.75) is 0 Å². The van der Waals surface area contributed by atoms with Crippen molar-refractivity contribution in [1.82, 2.24) is 5.32 Å². The van der Waals surface area contributed by atoms with Gasteiger partial charge < -0.3 is 5.32 Å². The molecule has 8 heavy (non-hydrogen) atoms. The third-order valence-electron chi connectivity index (χ3n) is 1.25. The summed E-state index contributed by atoms with van der Waals surface area (Å²) in [6.07, 6.45) is 0. The fourth-order valence-corrected chi connectivity index (χ4v) is 2.02. The lowest BCUT2D eigenvalue weighted by atomic mass is 10.6. The van der Waals surface area contributed by atoms with Gasteiger partial charge in [0.05, 0.1) is 0 Å². The molecule has 0 bridgehead atoms. The van der Waals surface area contributed by atoms with E-state index >= 15 is 0 Å². The monoisotopic (exact) mass is 132 g/mol. The first-order valence-corrected chi connectivity index (χ1v) is 4.48. The zero-order chi connectivity index (χ0) is 5.82. The molecule has 3 heteroatoms. The zero-order valence-corrected chi connectivity index (χ0v) is 5.58. The van der Waals surface area contributed by atoms with E-state index in [4.69, 9.17) is 0 Å². The zero-order valence-electron chi connectivity index (χ0n) is 4.68. The van der Waals surface area contributed by atoms with Crippen molar-refractivity contribution in [2.75, 3.05) is 24.6 Å². The van der Waals surface area contributed by atoms with E-state index in [1.54, 1.807) is 0 Å². The van der Waals surface area contributed by atoms with Crippen molar-refractivity contribution in [3.8, 4) is 0 Å². The van der Waals surface area contributed by atoms with Crippen LogP contribution in [0.4, 0.5) is 0 Å². The summed E-state index contributed by atoms with van der Waals surface area (Å²) in [6.45, 7) is 2.03. The van der Waals surface area contributed by atoms with E-state index in [2.05, 4.69) is 10.9 Å². The quantitative estimate of drug-likeness (QED) is 0.478. The number of nitrogens with one attached hydrogen (secondary N) is 1. The van der Waals surface area contributed by atoms with E-state index in [9.17, 15) is 4.79 Å². The minimum absolute atomic E-state index is 0.338. The molecule has 2 nitrogen and oxygen atoms in total. The Morgan fingerprint density at radius 3 is 2.38 bits per heavy atom. The maximum atomic E-state index is 10.0. The van der Waals surface area contributed by atoms with Crippen LogP contribution in [0.2, 0.25) is 0 Å². The largest absolute Gasteiger partial charge is 0.315 e. The molecule has 0 aromatic carbocycles. The molecular weight excluding hydrogens is 122 g/mol. The fourth-order valence-electron chi connectivity index (χ4n) is 0.756. The fraction of sp³-hybridized carbons (Fsp3) is 0.800. The molecule has 1 N–H and O–H groups in total. The molecule has 0 aromatic rings. The summed E-state index contributed by atoms with van der Waals surface area (Å²) in [5, 5.41) is 3.19. The van der Waals surface area contributed by atoms with Gasteiger partial charge in [-0.2, -0.15) is 10.9 Å². The first-order valence-electron chi connectivity index (χ1n) is 2.77. The predicted octanol–water partition coefficient (Wildman–Crippen LogP) is -0.342. The van der Waals surface area contributed by atoms with Gasteiger partial charge in [0.15, 0.2) is 0 Å². The van der Waals surface area contributed by atoms with Crippen LogP contribution in [0, 0.1) is 0 Å². The van der Waals surface area contributed by atoms with E-state index in [0.717, 1.165) is 24.6 Å². The van der Waals surface area contributed by atoms with Gasteiger partial charge in [-0.15, -0.1) is 0 Å². The van der Waals surface area contributed by atoms with Crippen LogP contribution in [-0.4, -0.2) is 30.2 Å². The van der Waals surface area contributed by atoms with Crippen LogP contribution in [-0.2, 0) is 4.79 Å². The highest BCUT2D eigenvalue weighted by Crippen LogP contribution is 2.20. The first-order chi connectivity index (χ1) is 3.93. The van der Waals surface area contributed by atoms with Crippen LogP contribution in [0.15, 0.2) is 0 Å². The molecule has 1 rings (SSSR count). The first kappa shape index (κ1) is 6.11. The number of hydrogen-bond donors (Lipinski definition) is 2. The molecule has 1 aliphatic heterocycles. The van der Waals surface area contributed by atoms with E-state index in [1.807, 2.05) is 0 Å². The summed E-state index contributed by atoms with van der Waals surface area (Å²) in [5.41, 5.74) is 2.08. The van der Waals surface area contributed by atoms with E-state index in [0.29, 0.717) is 0 Å². The Morgan fingerprint density at radius 2 is 2.00 bits per heavy atom. The normalized spacial score (nSPS) is 25.2. The number of carbonyl (C=O) groups excluding carboxylic acids is 1. The minimum atomic E-state index is -0.338. The minimum Gasteiger partial charge on any atom is -0.315 e. The Labute approximate surface area is 52.0 Å². The summed E-state index contributed by atoms with van der Waals surface area (Å²) in [6, 6.07) is 0. The molecule has 0 spiro atoms. The average molecular weight is 132 g/mol. The second kappa shape index (κ2) is 3.10. The smallest absolute Gasteiger partial charge is 0.244 e. The Balaban J connectivity index is 2.22. The molecule has 47 valence electrons. The maximum Gasteiger partial charge on any atom is 0.244 e. The Bertz CT molecular complexity index is 80.5. The highest BCUT2D eigenvalue weighted by Gasteiger charge is 2.06. The maximum absolute atomic E-state index is 10.0. The van der Waals surface area contributed by atoms with E-state index in [1.165, 1.54) is 0 Å². The summed E-state index contributed by atoms with van der Waals surface area (Å²) in [5.74, 6) is 2.08. The second-order valence-corrected chi connectivity index (χ2v) is 3.99. The van der Waals surface area contributed by atoms with Gasteiger partial charge in [0.1, 0.15) is 0 Å². The van der Waals surface area contributed by atoms with Gasteiger partial charge >= 0.3 is 0 Å². The Kier molecular flexibility index (Phi) is 2.36. The lowest BCUT2D eigenvalue weighted by Crippen LogP contribution is -2.28. The van der Waals surface area contributed by atoms with Crippen LogP contribution in [0.1, 0.15) is 0 Å². The van der Waals surface area contributed by atoms with Gasteiger partial charge in [0.2, 0.25) is 5.62 Å². The molecule has 1 radical (unpaired) electrons. The standard InChI is InChI=1S/C5H10NOS/c7-5-8-3-1-6-2-4-8/h6,8H,1-4H2. The predicted molar refractivity (Wildman–Crippen MR) is 37.3 cm³/mol. The lowest BCUT2D eigenvalue weighted by Gasteiger charge is -2.19. The SMILES string of the molecule is O=[C][SH]1CCNCC1. The summed E-state index contributed by atoms with van der Waals surface area (Å²) in [4.78, 5) is 10.0. The van der Waals surface area contributed by atoms with Crippen molar-refractivity contribution in [1.29, 1.82) is 0 Å². The molecule has 0 unspecified atom stereocenters. The van der Waals surface area contributed by atoms with Gasteiger partial charge in [-0.25, -0.2) is 0 Å². The molecule has 1 saturated heterocycles. The van der Waals surface area contributed by atoms with Crippen LogP contribution < -0.4 is 5.32 Å². The number of hydrogen-bond acceptors (Lipinski definition) is 2. The van der Waals surface area contributed by atoms with E-state index < -0.39 is 0 Å². The molecule has 0 atom stereocenters. The van der Waals surface area contributed by atoms with Gasteiger partial charge in [-0.1, -0.05) is 0 Å². The summed E-state index contributed by atoms with van der Waals surface area (Å²) >= 11 is 0. The highest BCUT2D eigenvalue weighted by atomic mass is 32.2. The topological polar surface area (TPSA) is 29.1 Å². The average Bonchev–Trinajstić information content (AvgIpc) is 1.90. The molecule has 1 aliphatic rings. The van der Waals surface area contributed by atoms with Crippen molar-refractivity contribution >= 4 is 16.5 Å². The molecule has 1 heterocycles. The lowest BCUT2D eigenvalue weighted by molar-refractivity contribution is 0.569. The Hall–Kier alpha value is -0.0200. The van der Waals surface area contributed by atoms with Gasteiger partial charge in [-0.05, 0) is 11.5 Å². The van der Waals surface area contributed by atoms with Crippen molar-refractivity contribution in [2.24, 2.45) is 0 Å². The van der Waals surface area contributed by atoms with Crippen LogP contribution >= 0.6 is 10.9 Å². The molecule has 0 aliphatic carbocycles. The van der Waals surface area contributed by atoms with Gasteiger partial charge in [-0.3, -0.25) is 4.79 Å². The highest BCUT2D eigenvalue weighted by molar-refractivity contribution is 8.28. The molecule has 0 amide bonds. The second-order valence-electron chi connectivity index (χ2n) is 1.83.